The van der Waals surface area contributed by atoms with Gasteiger partial charge in [-0.1, -0.05) is 26.2 Å². The number of aromatic amines is 1. The molecule has 0 unspecified atom stereocenters. The molecule has 0 aromatic carbocycles. The Balaban J connectivity index is 2.01. The molecule has 0 saturated carbocycles. The van der Waals surface area contributed by atoms with Gasteiger partial charge in [0, 0.05) is 11.9 Å². The monoisotopic (exact) mass is 243 g/mol. The Hall–Kier alpha value is -1.64. The summed E-state index contributed by atoms with van der Waals surface area (Å²) in [5, 5.41) is 7.21. The van der Waals surface area contributed by atoms with Crippen LogP contribution < -0.4 is 0 Å². The molecule has 2 aromatic heterocycles. The Morgan fingerprint density at radius 2 is 2.00 bits per heavy atom. The number of unbranched alkanes of at least 4 members (excludes halogenated alkanes) is 3. The van der Waals surface area contributed by atoms with Gasteiger partial charge in [0.05, 0.1) is 5.69 Å². The molecule has 0 aliphatic rings. The number of hydrogen-bond acceptors (Lipinski definition) is 2. The third-order valence-corrected chi connectivity index (χ3v) is 3.11. The summed E-state index contributed by atoms with van der Waals surface area (Å²) in [5.41, 5.74) is 4.33. The smallest absolute Gasteiger partial charge is 0.111 e. The Morgan fingerprint density at radius 1 is 1.11 bits per heavy atom. The third kappa shape index (κ3) is 3.42. The van der Waals surface area contributed by atoms with Gasteiger partial charge in [0.25, 0.3) is 0 Å². The van der Waals surface area contributed by atoms with Crippen LogP contribution in [0.15, 0.2) is 24.4 Å². The molecule has 1 N–H and O–H groups in total. The van der Waals surface area contributed by atoms with Gasteiger partial charge in [-0.05, 0) is 43.5 Å². The molecule has 0 spiro atoms. The highest BCUT2D eigenvalue weighted by atomic mass is 15.1. The van der Waals surface area contributed by atoms with Crippen LogP contribution in [0.2, 0.25) is 0 Å². The highest BCUT2D eigenvalue weighted by Crippen LogP contribution is 2.17. The summed E-state index contributed by atoms with van der Waals surface area (Å²) in [4.78, 5) is 4.38. The second kappa shape index (κ2) is 6.34. The molecule has 2 rings (SSSR count). The Bertz CT molecular complexity index is 488. The number of rotatable bonds is 6. The zero-order valence-electron chi connectivity index (χ0n) is 11.2. The number of nitrogens with one attached hydrogen (secondary N) is 1. The van der Waals surface area contributed by atoms with Gasteiger partial charge in [-0.15, -0.1) is 0 Å². The van der Waals surface area contributed by atoms with Crippen molar-refractivity contribution in [2.75, 3.05) is 0 Å². The van der Waals surface area contributed by atoms with Crippen molar-refractivity contribution < 1.29 is 0 Å². The van der Waals surface area contributed by atoms with Gasteiger partial charge in [0.15, 0.2) is 0 Å². The van der Waals surface area contributed by atoms with Crippen molar-refractivity contribution in [2.45, 2.75) is 46.0 Å². The molecule has 0 atom stereocenters. The lowest BCUT2D eigenvalue weighted by Gasteiger charge is -2.02. The van der Waals surface area contributed by atoms with E-state index in [4.69, 9.17) is 0 Å². The van der Waals surface area contributed by atoms with E-state index in [-0.39, 0.29) is 0 Å². The molecule has 0 saturated heterocycles. The molecule has 2 aromatic rings. The Kier molecular flexibility index (Phi) is 4.51. The number of H-pyrrole nitrogens is 1. The standard InChI is InChI=1S/C15H21N3/c1-3-4-5-6-7-13-8-9-16-14(11-13)15-10-12(2)17-18-15/h8-11H,3-7H2,1-2H3,(H,17,18). The molecular weight excluding hydrogens is 222 g/mol. The van der Waals surface area contributed by atoms with Crippen LogP contribution in [0.1, 0.15) is 43.9 Å². The lowest BCUT2D eigenvalue weighted by molar-refractivity contribution is 0.666. The fourth-order valence-electron chi connectivity index (χ4n) is 2.08. The van der Waals surface area contributed by atoms with Crippen LogP contribution in [0.25, 0.3) is 11.4 Å². The molecule has 0 bridgehead atoms. The average molecular weight is 243 g/mol. The molecule has 0 fully saturated rings. The highest BCUT2D eigenvalue weighted by molar-refractivity contribution is 5.54. The van der Waals surface area contributed by atoms with E-state index in [2.05, 4.69) is 34.2 Å². The van der Waals surface area contributed by atoms with Crippen LogP contribution in [0.4, 0.5) is 0 Å². The van der Waals surface area contributed by atoms with E-state index < -0.39 is 0 Å². The van der Waals surface area contributed by atoms with E-state index in [1.54, 1.807) is 0 Å². The largest absolute Gasteiger partial charge is 0.282 e. The van der Waals surface area contributed by atoms with Crippen LogP contribution in [0.5, 0.6) is 0 Å². The number of nitrogens with zero attached hydrogens (tertiary/aromatic N) is 2. The van der Waals surface area contributed by atoms with Crippen molar-refractivity contribution in [3.63, 3.8) is 0 Å². The SMILES string of the molecule is CCCCCCc1ccnc(-c2cc(C)[nH]n2)c1. The predicted octanol–water partition coefficient (Wildman–Crippen LogP) is 3.90. The molecule has 0 amide bonds. The third-order valence-electron chi connectivity index (χ3n) is 3.11. The van der Waals surface area contributed by atoms with E-state index in [9.17, 15) is 0 Å². The van der Waals surface area contributed by atoms with E-state index in [1.165, 1.54) is 31.2 Å². The zero-order valence-corrected chi connectivity index (χ0v) is 11.2. The lowest BCUT2D eigenvalue weighted by Crippen LogP contribution is -1.90. The second-order valence-electron chi connectivity index (χ2n) is 4.80. The number of pyridine rings is 1. The van der Waals surface area contributed by atoms with Crippen molar-refractivity contribution in [3.8, 4) is 11.4 Å². The summed E-state index contributed by atoms with van der Waals surface area (Å²) in [7, 11) is 0. The highest BCUT2D eigenvalue weighted by Gasteiger charge is 2.04. The summed E-state index contributed by atoms with van der Waals surface area (Å²) in [6, 6.07) is 6.29. The van der Waals surface area contributed by atoms with Crippen molar-refractivity contribution in [2.24, 2.45) is 0 Å². The van der Waals surface area contributed by atoms with Crippen LogP contribution >= 0.6 is 0 Å². The van der Waals surface area contributed by atoms with E-state index in [1.807, 2.05) is 19.2 Å². The molecule has 0 aliphatic heterocycles. The van der Waals surface area contributed by atoms with Crippen LogP contribution in [0, 0.1) is 6.92 Å². The minimum absolute atomic E-state index is 0.933. The van der Waals surface area contributed by atoms with Crippen molar-refractivity contribution in [3.05, 3.63) is 35.7 Å². The lowest BCUT2D eigenvalue weighted by atomic mass is 10.1. The van der Waals surface area contributed by atoms with Gasteiger partial charge >= 0.3 is 0 Å². The number of hydrogen-bond donors (Lipinski definition) is 1. The minimum Gasteiger partial charge on any atom is -0.282 e. The van der Waals surface area contributed by atoms with Crippen LogP contribution in [-0.4, -0.2) is 15.2 Å². The molecule has 0 aliphatic carbocycles. The van der Waals surface area contributed by atoms with Crippen LogP contribution in [-0.2, 0) is 6.42 Å². The Labute approximate surface area is 109 Å². The minimum atomic E-state index is 0.933. The molecule has 96 valence electrons. The summed E-state index contributed by atoms with van der Waals surface area (Å²) in [5.74, 6) is 0. The maximum absolute atomic E-state index is 4.38. The summed E-state index contributed by atoms with van der Waals surface area (Å²) in [6.07, 6.45) is 8.21. The van der Waals surface area contributed by atoms with Gasteiger partial charge in [-0.25, -0.2) is 0 Å². The first-order valence-electron chi connectivity index (χ1n) is 6.77. The number of aromatic nitrogens is 3. The molecule has 18 heavy (non-hydrogen) atoms. The maximum atomic E-state index is 4.38. The van der Waals surface area contributed by atoms with Crippen molar-refractivity contribution in [1.82, 2.24) is 15.2 Å². The van der Waals surface area contributed by atoms with E-state index in [0.717, 1.165) is 23.5 Å². The molecular formula is C15H21N3. The first-order chi connectivity index (χ1) is 8.79. The van der Waals surface area contributed by atoms with E-state index >= 15 is 0 Å². The molecule has 3 nitrogen and oxygen atoms in total. The molecule has 3 heteroatoms. The van der Waals surface area contributed by atoms with Gasteiger partial charge in [0.2, 0.25) is 0 Å². The second-order valence-corrected chi connectivity index (χ2v) is 4.80. The van der Waals surface area contributed by atoms with Crippen LogP contribution in [0.3, 0.4) is 0 Å². The average Bonchev–Trinajstić information content (AvgIpc) is 2.82. The zero-order chi connectivity index (χ0) is 12.8. The van der Waals surface area contributed by atoms with Crippen molar-refractivity contribution in [1.29, 1.82) is 0 Å². The van der Waals surface area contributed by atoms with Gasteiger partial charge in [-0.2, -0.15) is 5.10 Å². The summed E-state index contributed by atoms with van der Waals surface area (Å²) < 4.78 is 0. The van der Waals surface area contributed by atoms with E-state index in [0.29, 0.717) is 0 Å². The summed E-state index contributed by atoms with van der Waals surface area (Å²) >= 11 is 0. The van der Waals surface area contributed by atoms with Gasteiger partial charge in [0.1, 0.15) is 5.69 Å². The van der Waals surface area contributed by atoms with Crippen molar-refractivity contribution >= 4 is 0 Å². The predicted molar refractivity (Wildman–Crippen MR) is 74.4 cm³/mol. The quantitative estimate of drug-likeness (QED) is 0.782. The summed E-state index contributed by atoms with van der Waals surface area (Å²) in [6.45, 7) is 4.25. The fourth-order valence-corrected chi connectivity index (χ4v) is 2.08. The van der Waals surface area contributed by atoms with Gasteiger partial charge < -0.3 is 0 Å². The first-order valence-corrected chi connectivity index (χ1v) is 6.77. The topological polar surface area (TPSA) is 41.6 Å². The fraction of sp³-hybridized carbons (Fsp3) is 0.467. The Morgan fingerprint density at radius 3 is 2.72 bits per heavy atom. The van der Waals surface area contributed by atoms with Gasteiger partial charge in [-0.3, -0.25) is 10.1 Å². The molecule has 2 heterocycles. The first kappa shape index (κ1) is 12.8. The molecule has 0 radical (unpaired) electrons. The number of aryl methyl sites for hydroxylation is 2. The normalized spacial score (nSPS) is 10.8. The maximum Gasteiger partial charge on any atom is 0.111 e.